The van der Waals surface area contributed by atoms with Gasteiger partial charge in [0.2, 0.25) is 0 Å². The third kappa shape index (κ3) is 12.4. The Labute approximate surface area is 221 Å². The van der Waals surface area contributed by atoms with Crippen LogP contribution >= 0.6 is 0 Å². The van der Waals surface area contributed by atoms with Crippen LogP contribution in [0.4, 0.5) is 15.0 Å². The minimum Gasteiger partial charge on any atom is -0.449 e. The zero-order valence-electron chi connectivity index (χ0n) is 22.9. The monoisotopic (exact) mass is 525 g/mol. The van der Waals surface area contributed by atoms with Crippen LogP contribution in [0.15, 0.2) is 11.0 Å². The van der Waals surface area contributed by atoms with Crippen LogP contribution in [0, 0.1) is 5.82 Å². The van der Waals surface area contributed by atoms with E-state index in [1.807, 2.05) is 0 Å². The molecular weight excluding hydrogens is 477 g/mol. The lowest BCUT2D eigenvalue weighted by Gasteiger charge is -2.14. The highest BCUT2D eigenvalue weighted by Crippen LogP contribution is 2.27. The van der Waals surface area contributed by atoms with Crippen molar-refractivity contribution in [2.24, 2.45) is 0 Å². The Morgan fingerprint density at radius 1 is 1.03 bits per heavy atom. The van der Waals surface area contributed by atoms with Gasteiger partial charge in [-0.15, -0.1) is 0 Å². The molecule has 2 N–H and O–H groups in total. The number of hydrogen-bond acceptors (Lipinski definition) is 6. The quantitative estimate of drug-likeness (QED) is 0.191. The van der Waals surface area contributed by atoms with Crippen LogP contribution in [0.25, 0.3) is 0 Å². The highest BCUT2D eigenvalue weighted by Gasteiger charge is 2.33. The van der Waals surface area contributed by atoms with Crippen LogP contribution in [0.5, 0.6) is 0 Å². The molecule has 0 bridgehead atoms. The third-order valence-electron chi connectivity index (χ3n) is 7.03. The average molecular weight is 526 g/mol. The molecule has 1 aliphatic heterocycles. The molecule has 1 aromatic rings. The largest absolute Gasteiger partial charge is 0.449 e. The lowest BCUT2D eigenvalue weighted by atomic mass is 10.0. The van der Waals surface area contributed by atoms with E-state index in [1.54, 1.807) is 6.92 Å². The Balaban J connectivity index is 1.46. The van der Waals surface area contributed by atoms with Gasteiger partial charge in [0, 0.05) is 6.42 Å². The number of aliphatic hydroxyl groups is 1. The van der Waals surface area contributed by atoms with Gasteiger partial charge >= 0.3 is 11.8 Å². The number of carbonyl (C=O) groups is 1. The lowest BCUT2D eigenvalue weighted by molar-refractivity contribution is -0.0104. The second kappa shape index (κ2) is 18.3. The van der Waals surface area contributed by atoms with Gasteiger partial charge in [0.1, 0.15) is 6.23 Å². The number of aromatic nitrogens is 2. The predicted octanol–water partition coefficient (Wildman–Crippen LogP) is 6.86. The number of halogens is 1. The minimum atomic E-state index is -0.878. The van der Waals surface area contributed by atoms with Gasteiger partial charge in [-0.25, -0.2) is 14.0 Å². The molecule has 1 aromatic heterocycles. The maximum absolute atomic E-state index is 14.4. The van der Waals surface area contributed by atoms with Crippen LogP contribution in [0.1, 0.15) is 129 Å². The Morgan fingerprint density at radius 3 is 2.03 bits per heavy atom. The number of rotatable bonds is 19. The summed E-state index contributed by atoms with van der Waals surface area (Å²) in [5.74, 6) is -1.36. The van der Waals surface area contributed by atoms with E-state index in [9.17, 15) is 19.1 Å². The molecule has 0 radical (unpaired) electrons. The van der Waals surface area contributed by atoms with E-state index < -0.39 is 41.9 Å². The van der Waals surface area contributed by atoms with Crippen LogP contribution in [-0.4, -0.2) is 39.6 Å². The van der Waals surface area contributed by atoms with E-state index in [-0.39, 0.29) is 13.0 Å². The summed E-state index contributed by atoms with van der Waals surface area (Å²) in [5.41, 5.74) is -0.777. The van der Waals surface area contributed by atoms with E-state index in [0.717, 1.165) is 30.0 Å². The summed E-state index contributed by atoms with van der Waals surface area (Å²) in [6.45, 7) is 4.16. The first-order chi connectivity index (χ1) is 17.9. The molecule has 1 aliphatic rings. The molecular formula is C28H48FN3O5. The Bertz CT molecular complexity index is 825. The average Bonchev–Trinajstić information content (AvgIpc) is 3.20. The molecule has 9 heteroatoms. The molecule has 212 valence electrons. The predicted molar refractivity (Wildman–Crippen MR) is 143 cm³/mol. The number of ether oxygens (including phenoxy) is 2. The van der Waals surface area contributed by atoms with Crippen molar-refractivity contribution in [1.29, 1.82) is 0 Å². The van der Waals surface area contributed by atoms with E-state index >= 15 is 0 Å². The number of aliphatic hydroxyl groups excluding tert-OH is 1. The van der Waals surface area contributed by atoms with Crippen molar-refractivity contribution < 1.29 is 23.8 Å². The molecule has 1 saturated heterocycles. The van der Waals surface area contributed by atoms with Crippen LogP contribution in [0.3, 0.4) is 0 Å². The summed E-state index contributed by atoms with van der Waals surface area (Å²) in [5, 5.41) is 12.0. The number of anilines is 1. The van der Waals surface area contributed by atoms with Crippen LogP contribution in [0.2, 0.25) is 0 Å². The van der Waals surface area contributed by atoms with Crippen molar-refractivity contribution in [3.8, 4) is 0 Å². The first-order valence-electron chi connectivity index (χ1n) is 14.5. The summed E-state index contributed by atoms with van der Waals surface area (Å²) in [6, 6.07) is 0. The van der Waals surface area contributed by atoms with E-state index in [1.165, 1.54) is 83.5 Å². The molecule has 2 rings (SSSR count). The first kappa shape index (κ1) is 31.2. The zero-order chi connectivity index (χ0) is 26.9. The summed E-state index contributed by atoms with van der Waals surface area (Å²) in [4.78, 5) is 27.8. The first-order valence-corrected chi connectivity index (χ1v) is 14.5. The van der Waals surface area contributed by atoms with Gasteiger partial charge < -0.3 is 14.6 Å². The second-order valence-corrected chi connectivity index (χ2v) is 10.3. The normalized spacial score (nSPS) is 19.3. The summed E-state index contributed by atoms with van der Waals surface area (Å²) < 4.78 is 25.9. The molecule has 0 unspecified atom stereocenters. The fourth-order valence-corrected chi connectivity index (χ4v) is 4.66. The molecule has 0 aliphatic carbocycles. The minimum absolute atomic E-state index is 0.163. The Hall–Kier alpha value is -2.00. The van der Waals surface area contributed by atoms with Gasteiger partial charge in [0.25, 0.3) is 0 Å². The SMILES string of the molecule is CCCCCCCCCCCCCCCCCCOC(=O)Nc1nc(=O)n([C@H]2C[C@@H](O)[C@H](C)O2)cc1F. The van der Waals surface area contributed by atoms with Gasteiger partial charge in [0.15, 0.2) is 11.6 Å². The Morgan fingerprint density at radius 2 is 1.54 bits per heavy atom. The highest BCUT2D eigenvalue weighted by atomic mass is 19.1. The maximum Gasteiger partial charge on any atom is 0.412 e. The second-order valence-electron chi connectivity index (χ2n) is 10.3. The van der Waals surface area contributed by atoms with Crippen molar-refractivity contribution in [3.63, 3.8) is 0 Å². The Kier molecular flexibility index (Phi) is 15.4. The summed E-state index contributed by atoms with van der Waals surface area (Å²) in [6.07, 6.45) is 18.5. The van der Waals surface area contributed by atoms with Gasteiger partial charge in [-0.05, 0) is 13.3 Å². The van der Waals surface area contributed by atoms with Gasteiger partial charge in [-0.3, -0.25) is 9.88 Å². The van der Waals surface area contributed by atoms with Gasteiger partial charge in [-0.1, -0.05) is 103 Å². The smallest absolute Gasteiger partial charge is 0.412 e. The molecule has 0 spiro atoms. The third-order valence-corrected chi connectivity index (χ3v) is 7.03. The van der Waals surface area contributed by atoms with Gasteiger partial charge in [-0.2, -0.15) is 4.98 Å². The number of nitrogens with zero attached hydrogens (tertiary/aromatic N) is 2. The zero-order valence-corrected chi connectivity index (χ0v) is 22.9. The number of nitrogens with one attached hydrogen (secondary N) is 1. The van der Waals surface area contributed by atoms with Crippen molar-refractivity contribution in [2.45, 2.75) is 141 Å². The number of amides is 1. The molecule has 1 fully saturated rings. The fourth-order valence-electron chi connectivity index (χ4n) is 4.66. The molecule has 0 saturated carbocycles. The number of carbonyl (C=O) groups excluding carboxylic acids is 1. The molecule has 3 atom stereocenters. The van der Waals surface area contributed by atoms with Crippen molar-refractivity contribution in [3.05, 3.63) is 22.5 Å². The van der Waals surface area contributed by atoms with E-state index in [0.29, 0.717) is 0 Å². The molecule has 2 heterocycles. The van der Waals surface area contributed by atoms with Crippen molar-refractivity contribution >= 4 is 11.9 Å². The molecule has 1 amide bonds. The van der Waals surface area contributed by atoms with E-state index in [4.69, 9.17) is 9.47 Å². The molecule has 8 nitrogen and oxygen atoms in total. The molecule has 37 heavy (non-hydrogen) atoms. The standard InChI is InChI=1S/C28H48FN3O5/c1-3-4-5-6-7-8-9-10-11-12-13-14-15-16-17-18-19-36-28(35)31-26-23(29)21-32(27(34)30-26)25-20-24(33)22(2)37-25/h21-22,24-25,33H,3-20H2,1-2H3,(H,30,31,34,35)/t22-,24+,25+/m0/s1. The maximum atomic E-state index is 14.4. The summed E-state index contributed by atoms with van der Waals surface area (Å²) in [7, 11) is 0. The number of unbranched alkanes of at least 4 members (excludes halogenated alkanes) is 15. The van der Waals surface area contributed by atoms with Crippen LogP contribution < -0.4 is 11.0 Å². The van der Waals surface area contributed by atoms with Gasteiger partial charge in [0.05, 0.1) is 25.0 Å². The fraction of sp³-hybridized carbons (Fsp3) is 0.821. The summed E-state index contributed by atoms with van der Waals surface area (Å²) >= 11 is 0. The topological polar surface area (TPSA) is 103 Å². The van der Waals surface area contributed by atoms with Crippen LogP contribution in [-0.2, 0) is 9.47 Å². The van der Waals surface area contributed by atoms with Crippen molar-refractivity contribution in [2.75, 3.05) is 11.9 Å². The number of hydrogen-bond donors (Lipinski definition) is 2. The molecule has 0 aromatic carbocycles. The van der Waals surface area contributed by atoms with Crippen molar-refractivity contribution in [1.82, 2.24) is 9.55 Å². The lowest BCUT2D eigenvalue weighted by Crippen LogP contribution is -2.29. The highest BCUT2D eigenvalue weighted by molar-refractivity contribution is 5.83. The van der Waals surface area contributed by atoms with E-state index in [2.05, 4.69) is 17.2 Å².